The number of nitrogens with zero attached hydrogens (tertiary/aromatic N) is 3. The van der Waals surface area contributed by atoms with E-state index < -0.39 is 17.6 Å². The van der Waals surface area contributed by atoms with E-state index in [0.717, 1.165) is 29.8 Å². The molecule has 3 aromatic carbocycles. The van der Waals surface area contributed by atoms with E-state index in [1.54, 1.807) is 35.0 Å². The molecular formula is C31H34F3N5O3. The van der Waals surface area contributed by atoms with Crippen molar-refractivity contribution < 1.29 is 27.6 Å². The first-order chi connectivity index (χ1) is 19.9. The lowest BCUT2D eigenvalue weighted by Gasteiger charge is -2.37. The number of carbonyl (C=O) groups excluding carboxylic acids is 3. The molecule has 0 aliphatic carbocycles. The molecule has 0 atom stereocenters. The maximum Gasteiger partial charge on any atom is 0.416 e. The van der Waals surface area contributed by atoms with Crippen molar-refractivity contribution in [1.82, 2.24) is 15.1 Å². The first-order valence-electron chi connectivity index (χ1n) is 13.6. The topological polar surface area (TPSA) is 85.0 Å². The van der Waals surface area contributed by atoms with Crippen LogP contribution in [0.15, 0.2) is 72.8 Å². The highest BCUT2D eigenvalue weighted by atomic mass is 19.4. The predicted molar refractivity (Wildman–Crippen MR) is 156 cm³/mol. The number of halogens is 3. The number of anilines is 2. The summed E-state index contributed by atoms with van der Waals surface area (Å²) in [6.07, 6.45) is -4.50. The Balaban J connectivity index is 1.57. The summed E-state index contributed by atoms with van der Waals surface area (Å²) < 4.78 is 38.8. The van der Waals surface area contributed by atoms with Gasteiger partial charge in [-0.2, -0.15) is 13.2 Å². The molecule has 8 nitrogen and oxygen atoms in total. The van der Waals surface area contributed by atoms with Gasteiger partial charge in [-0.05, 0) is 61.9 Å². The molecule has 0 saturated carbocycles. The van der Waals surface area contributed by atoms with Crippen molar-refractivity contribution in [3.8, 4) is 0 Å². The molecule has 2 N–H and O–H groups in total. The van der Waals surface area contributed by atoms with Crippen LogP contribution in [0.25, 0.3) is 0 Å². The second kappa shape index (κ2) is 13.0. The van der Waals surface area contributed by atoms with Gasteiger partial charge in [0.25, 0.3) is 11.8 Å². The van der Waals surface area contributed by atoms with Gasteiger partial charge in [-0.15, -0.1) is 0 Å². The van der Waals surface area contributed by atoms with Crippen molar-refractivity contribution in [1.29, 1.82) is 0 Å². The number of nitrogens with one attached hydrogen (secondary N) is 2. The Bertz CT molecular complexity index is 1400. The number of carbonyl (C=O) groups is 3. The highest BCUT2D eigenvalue weighted by Gasteiger charge is 2.30. The SMILES string of the molecule is CC(C)NC(=O)N1CCN(c2ccc(NC(=O)c3ccc(C(F)(F)F)cc3)cc2C(=O)N(C)Cc2ccccc2)CC1. The second-order valence-electron chi connectivity index (χ2n) is 10.5. The Morgan fingerprint density at radius 1 is 0.905 bits per heavy atom. The molecule has 4 amide bonds. The van der Waals surface area contributed by atoms with Gasteiger partial charge in [0.1, 0.15) is 0 Å². The average molecular weight is 582 g/mol. The summed E-state index contributed by atoms with van der Waals surface area (Å²) in [4.78, 5) is 44.4. The largest absolute Gasteiger partial charge is 0.416 e. The molecule has 0 unspecified atom stereocenters. The van der Waals surface area contributed by atoms with Crippen LogP contribution in [-0.4, -0.2) is 66.9 Å². The van der Waals surface area contributed by atoms with Gasteiger partial charge in [-0.1, -0.05) is 30.3 Å². The van der Waals surface area contributed by atoms with Crippen LogP contribution >= 0.6 is 0 Å². The van der Waals surface area contributed by atoms with Gasteiger partial charge in [-0.3, -0.25) is 9.59 Å². The van der Waals surface area contributed by atoms with Crippen molar-refractivity contribution in [3.05, 3.63) is 95.1 Å². The number of alkyl halides is 3. The van der Waals surface area contributed by atoms with Crippen molar-refractivity contribution in [3.63, 3.8) is 0 Å². The van der Waals surface area contributed by atoms with E-state index in [2.05, 4.69) is 10.6 Å². The Labute approximate surface area is 243 Å². The molecule has 1 aliphatic rings. The zero-order valence-corrected chi connectivity index (χ0v) is 23.7. The van der Waals surface area contributed by atoms with E-state index in [-0.39, 0.29) is 23.5 Å². The third-order valence-corrected chi connectivity index (χ3v) is 6.89. The first-order valence-corrected chi connectivity index (χ1v) is 13.6. The molecule has 4 rings (SSSR count). The Morgan fingerprint density at radius 3 is 2.14 bits per heavy atom. The molecule has 0 aromatic heterocycles. The van der Waals surface area contributed by atoms with Gasteiger partial charge in [0, 0.05) is 62.8 Å². The molecule has 1 aliphatic heterocycles. The number of rotatable bonds is 7. The van der Waals surface area contributed by atoms with E-state index in [1.165, 1.54) is 0 Å². The van der Waals surface area contributed by atoms with Gasteiger partial charge in [0.15, 0.2) is 0 Å². The highest BCUT2D eigenvalue weighted by molar-refractivity contribution is 6.06. The van der Waals surface area contributed by atoms with Crippen LogP contribution in [0.3, 0.4) is 0 Å². The molecule has 0 spiro atoms. The third kappa shape index (κ3) is 7.59. The van der Waals surface area contributed by atoms with Crippen LogP contribution in [0.5, 0.6) is 0 Å². The minimum atomic E-state index is -4.50. The molecule has 1 fully saturated rings. The number of hydrogen-bond acceptors (Lipinski definition) is 4. The van der Waals surface area contributed by atoms with Crippen molar-refractivity contribution in [2.24, 2.45) is 0 Å². The second-order valence-corrected chi connectivity index (χ2v) is 10.5. The van der Waals surface area contributed by atoms with Crippen LogP contribution in [0, 0.1) is 0 Å². The maximum absolute atomic E-state index is 13.8. The standard InChI is InChI=1S/C31H34F3N5O3/c1-21(2)35-30(42)39-17-15-38(16-18-39)27-14-13-25(36-28(40)23-9-11-24(12-10-23)31(32,33)34)19-26(27)29(41)37(3)20-22-7-5-4-6-8-22/h4-14,19,21H,15-18,20H2,1-3H3,(H,35,42)(H,36,40). The van der Waals surface area contributed by atoms with Crippen molar-refractivity contribution >= 4 is 29.2 Å². The molecule has 222 valence electrons. The van der Waals surface area contributed by atoms with E-state index in [4.69, 9.17) is 0 Å². The molecule has 42 heavy (non-hydrogen) atoms. The minimum absolute atomic E-state index is 0.0187. The molecule has 0 radical (unpaired) electrons. The Morgan fingerprint density at radius 2 is 1.55 bits per heavy atom. The zero-order valence-electron chi connectivity index (χ0n) is 23.7. The fourth-order valence-corrected chi connectivity index (χ4v) is 4.70. The lowest BCUT2D eigenvalue weighted by atomic mass is 10.1. The fourth-order valence-electron chi connectivity index (χ4n) is 4.70. The number of hydrogen-bond donors (Lipinski definition) is 2. The zero-order chi connectivity index (χ0) is 30.4. The van der Waals surface area contributed by atoms with Crippen LogP contribution in [-0.2, 0) is 12.7 Å². The monoisotopic (exact) mass is 581 g/mol. The molecule has 3 aromatic rings. The molecular weight excluding hydrogens is 547 g/mol. The lowest BCUT2D eigenvalue weighted by Crippen LogP contribution is -2.53. The molecule has 1 saturated heterocycles. The number of benzene rings is 3. The maximum atomic E-state index is 13.8. The molecule has 11 heteroatoms. The van der Waals surface area contributed by atoms with Gasteiger partial charge in [-0.25, -0.2) is 4.79 Å². The van der Waals surface area contributed by atoms with Gasteiger partial charge in [0.05, 0.1) is 11.1 Å². The first kappa shape index (κ1) is 30.4. The summed E-state index contributed by atoms with van der Waals surface area (Å²) in [6.45, 7) is 6.12. The summed E-state index contributed by atoms with van der Waals surface area (Å²) in [5.74, 6) is -0.864. The number of urea groups is 1. The number of amides is 4. The van der Waals surface area contributed by atoms with Gasteiger partial charge >= 0.3 is 12.2 Å². The molecule has 1 heterocycles. The van der Waals surface area contributed by atoms with Crippen molar-refractivity contribution in [2.45, 2.75) is 32.6 Å². The predicted octanol–water partition coefficient (Wildman–Crippen LogP) is 5.47. The summed E-state index contributed by atoms with van der Waals surface area (Å²) in [5.41, 5.74) is 1.51. The third-order valence-electron chi connectivity index (χ3n) is 6.89. The number of piperazine rings is 1. The highest BCUT2D eigenvalue weighted by Crippen LogP contribution is 2.30. The summed E-state index contributed by atoms with van der Waals surface area (Å²) in [7, 11) is 1.70. The van der Waals surface area contributed by atoms with Gasteiger partial charge in [0.2, 0.25) is 0 Å². The molecule has 0 bridgehead atoms. The van der Waals surface area contributed by atoms with E-state index >= 15 is 0 Å². The van der Waals surface area contributed by atoms with Crippen molar-refractivity contribution in [2.75, 3.05) is 43.4 Å². The van der Waals surface area contributed by atoms with Crippen LogP contribution < -0.4 is 15.5 Å². The summed E-state index contributed by atoms with van der Waals surface area (Å²) >= 11 is 0. The van der Waals surface area contributed by atoms with E-state index in [1.807, 2.05) is 49.1 Å². The fraction of sp³-hybridized carbons (Fsp3) is 0.323. The lowest BCUT2D eigenvalue weighted by molar-refractivity contribution is -0.137. The Hall–Kier alpha value is -4.54. The quantitative estimate of drug-likeness (QED) is 0.388. The summed E-state index contributed by atoms with van der Waals surface area (Å²) in [6, 6.07) is 18.3. The Kier molecular flexibility index (Phi) is 9.39. The van der Waals surface area contributed by atoms with Crippen LogP contribution in [0.4, 0.5) is 29.3 Å². The smallest absolute Gasteiger partial charge is 0.367 e. The minimum Gasteiger partial charge on any atom is -0.367 e. The van der Waals surface area contributed by atoms with E-state index in [9.17, 15) is 27.6 Å². The van der Waals surface area contributed by atoms with Crippen LogP contribution in [0.2, 0.25) is 0 Å². The van der Waals surface area contributed by atoms with E-state index in [0.29, 0.717) is 49.7 Å². The van der Waals surface area contributed by atoms with Gasteiger partial charge < -0.3 is 25.3 Å². The summed E-state index contributed by atoms with van der Waals surface area (Å²) in [5, 5.41) is 5.60. The van der Waals surface area contributed by atoms with Crippen LogP contribution in [0.1, 0.15) is 45.7 Å². The normalized spacial score (nSPS) is 13.6. The average Bonchev–Trinajstić information content (AvgIpc) is 2.96.